The average Bonchev–Trinajstić information content (AvgIpc) is 2.15. The van der Waals surface area contributed by atoms with Crippen molar-refractivity contribution in [1.82, 2.24) is 0 Å². The van der Waals surface area contributed by atoms with Gasteiger partial charge in [-0.3, -0.25) is 5.41 Å². The van der Waals surface area contributed by atoms with Crippen molar-refractivity contribution in [2.45, 2.75) is 0 Å². The third kappa shape index (κ3) is 1.91. The summed E-state index contributed by atoms with van der Waals surface area (Å²) in [7, 11) is -4.12. The number of hydrogen-bond donors (Lipinski definition) is 4. The van der Waals surface area contributed by atoms with Crippen LogP contribution in [0.25, 0.3) is 11.0 Å². The Morgan fingerprint density at radius 3 is 2.47 bits per heavy atom. The van der Waals surface area contributed by atoms with Gasteiger partial charge in [0.15, 0.2) is 5.30 Å². The highest BCUT2D eigenvalue weighted by molar-refractivity contribution is 7.67. The molecule has 15 heavy (non-hydrogen) atoms. The molecule has 0 atom stereocenters. The zero-order valence-electron chi connectivity index (χ0n) is 7.58. The van der Waals surface area contributed by atoms with E-state index in [4.69, 9.17) is 9.83 Å². The lowest BCUT2D eigenvalue weighted by Crippen LogP contribution is -2.16. The van der Waals surface area contributed by atoms with E-state index in [9.17, 15) is 14.7 Å². The summed E-state index contributed by atoms with van der Waals surface area (Å²) in [6.07, 6.45) is 0. The second-order valence-electron chi connectivity index (χ2n) is 3.06. The number of rotatable bonds is 1. The van der Waals surface area contributed by atoms with Gasteiger partial charge in [-0.1, -0.05) is 12.1 Å². The van der Waals surface area contributed by atoms with Crippen LogP contribution in [0.15, 0.2) is 34.7 Å². The summed E-state index contributed by atoms with van der Waals surface area (Å²) in [5.41, 5.74) is 0.103. The largest absolute Gasteiger partial charge is 0.441 e. The van der Waals surface area contributed by atoms with Crippen molar-refractivity contribution in [3.8, 4) is 0 Å². The zero-order chi connectivity index (χ0) is 11.1. The van der Waals surface area contributed by atoms with E-state index in [2.05, 4.69) is 0 Å². The molecular weight excluding hydrogens is 217 g/mol. The van der Waals surface area contributed by atoms with Gasteiger partial charge in [-0.25, -0.2) is 0 Å². The van der Waals surface area contributed by atoms with Crippen LogP contribution in [0, 0.1) is 5.41 Å². The molecule has 0 saturated heterocycles. The van der Waals surface area contributed by atoms with Crippen LogP contribution in [0.2, 0.25) is 0 Å². The molecule has 0 aliphatic rings. The minimum atomic E-state index is -4.12. The van der Waals surface area contributed by atoms with Crippen molar-refractivity contribution in [1.29, 1.82) is 5.41 Å². The first-order valence-electron chi connectivity index (χ1n) is 4.14. The molecule has 0 saturated carbocycles. The maximum absolute atomic E-state index is 9.21. The van der Waals surface area contributed by atoms with Gasteiger partial charge in [-0.15, -0.1) is 0 Å². The molecule has 5 nitrogen and oxygen atoms in total. The molecule has 78 valence electrons. The summed E-state index contributed by atoms with van der Waals surface area (Å²) >= 11 is 0. The third-order valence-electron chi connectivity index (χ3n) is 1.97. The van der Waals surface area contributed by atoms with Crippen LogP contribution in [0.1, 0.15) is 0 Å². The van der Waals surface area contributed by atoms with Gasteiger partial charge in [-0.05, 0) is 12.1 Å². The molecule has 0 spiro atoms. The molecule has 0 amide bonds. The second kappa shape index (κ2) is 3.40. The van der Waals surface area contributed by atoms with Crippen molar-refractivity contribution in [2.75, 3.05) is 0 Å². The highest BCUT2D eigenvalue weighted by Gasteiger charge is 2.36. The SMILES string of the molecule is N=c1cc([P+](O)(O)O)c2ccccc2o1. The Hall–Kier alpha value is -1.26. The Morgan fingerprint density at radius 2 is 1.80 bits per heavy atom. The summed E-state index contributed by atoms with van der Waals surface area (Å²) in [6, 6.07) is 7.66. The van der Waals surface area contributed by atoms with Crippen molar-refractivity contribution in [3.63, 3.8) is 0 Å². The molecule has 0 aliphatic heterocycles. The number of nitrogens with one attached hydrogen (secondary N) is 1. The number of para-hydroxylation sites is 1. The molecule has 4 N–H and O–H groups in total. The molecule has 0 bridgehead atoms. The van der Waals surface area contributed by atoms with E-state index in [0.717, 1.165) is 6.07 Å². The van der Waals surface area contributed by atoms with Gasteiger partial charge < -0.3 is 4.42 Å². The molecule has 0 unspecified atom stereocenters. The van der Waals surface area contributed by atoms with Crippen LogP contribution in [0.4, 0.5) is 0 Å². The molecule has 1 heterocycles. The van der Waals surface area contributed by atoms with Crippen molar-refractivity contribution in [3.05, 3.63) is 35.9 Å². The van der Waals surface area contributed by atoms with E-state index in [0.29, 0.717) is 11.0 Å². The Bertz CT molecular complexity index is 558. The van der Waals surface area contributed by atoms with Crippen molar-refractivity contribution >= 4 is 24.2 Å². The van der Waals surface area contributed by atoms with Crippen LogP contribution >= 0.6 is 7.94 Å². The van der Waals surface area contributed by atoms with Crippen molar-refractivity contribution in [2.24, 2.45) is 0 Å². The Labute approximate surface area is 85.3 Å². The van der Waals surface area contributed by atoms with E-state index < -0.39 is 7.94 Å². The molecule has 2 rings (SSSR count). The van der Waals surface area contributed by atoms with Crippen LogP contribution < -0.4 is 10.9 Å². The fourth-order valence-electron chi connectivity index (χ4n) is 1.37. The summed E-state index contributed by atoms with van der Waals surface area (Å²) < 4.78 is 5.05. The van der Waals surface area contributed by atoms with E-state index >= 15 is 0 Å². The van der Waals surface area contributed by atoms with Gasteiger partial charge in [0.1, 0.15) is 5.58 Å². The minimum Gasteiger partial charge on any atom is -0.439 e. The quantitative estimate of drug-likeness (QED) is 0.525. The smallest absolute Gasteiger partial charge is 0.439 e. The lowest BCUT2D eigenvalue weighted by atomic mass is 10.2. The maximum Gasteiger partial charge on any atom is 0.441 e. The molecule has 6 heteroatoms. The monoisotopic (exact) mass is 226 g/mol. The van der Waals surface area contributed by atoms with Gasteiger partial charge in [0, 0.05) is 0 Å². The summed E-state index contributed by atoms with van der Waals surface area (Å²) in [5.74, 6) is 0. The average molecular weight is 226 g/mol. The van der Waals surface area contributed by atoms with Gasteiger partial charge in [-0.2, -0.15) is 14.7 Å². The topological polar surface area (TPSA) is 97.7 Å². The molecular formula is C9H9NO4P+. The first kappa shape index (κ1) is 10.3. The van der Waals surface area contributed by atoms with Crippen LogP contribution in [0.5, 0.6) is 0 Å². The fourth-order valence-corrected chi connectivity index (χ4v) is 2.16. The third-order valence-corrected chi connectivity index (χ3v) is 2.99. The van der Waals surface area contributed by atoms with E-state index in [1.165, 1.54) is 0 Å². The van der Waals surface area contributed by atoms with E-state index in [-0.39, 0.29) is 10.9 Å². The van der Waals surface area contributed by atoms with Gasteiger partial charge in [0.25, 0.3) is 0 Å². The highest BCUT2D eigenvalue weighted by Crippen LogP contribution is 2.44. The number of fused-ring (bicyclic) bond motifs is 1. The second-order valence-corrected chi connectivity index (χ2v) is 4.68. The Morgan fingerprint density at radius 1 is 1.13 bits per heavy atom. The Balaban J connectivity index is 2.89. The molecule has 1 aromatic heterocycles. The number of benzene rings is 1. The molecule has 0 fully saturated rings. The normalized spacial score (nSPS) is 11.9. The van der Waals surface area contributed by atoms with Crippen LogP contribution in [0.3, 0.4) is 0 Å². The Kier molecular flexibility index (Phi) is 2.32. The number of hydrogen-bond acceptors (Lipinski definition) is 5. The van der Waals surface area contributed by atoms with Gasteiger partial charge in [0.2, 0.25) is 5.55 Å². The maximum atomic E-state index is 9.21. The van der Waals surface area contributed by atoms with E-state index in [1.807, 2.05) is 0 Å². The fraction of sp³-hybridized carbons (Fsp3) is 0. The molecule has 1 aromatic carbocycles. The first-order chi connectivity index (χ1) is 6.98. The molecule has 0 aliphatic carbocycles. The highest BCUT2D eigenvalue weighted by atomic mass is 31.2. The first-order valence-corrected chi connectivity index (χ1v) is 5.78. The summed E-state index contributed by atoms with van der Waals surface area (Å²) in [4.78, 5) is 27.6. The lowest BCUT2D eigenvalue weighted by molar-refractivity contribution is 0.347. The molecule has 2 aromatic rings. The predicted octanol–water partition coefficient (Wildman–Crippen LogP) is 0.277. The lowest BCUT2D eigenvalue weighted by Gasteiger charge is -2.05. The molecule has 0 radical (unpaired) electrons. The zero-order valence-corrected chi connectivity index (χ0v) is 8.48. The van der Waals surface area contributed by atoms with Gasteiger partial charge >= 0.3 is 7.94 Å². The van der Waals surface area contributed by atoms with Crippen molar-refractivity contribution < 1.29 is 19.1 Å². The predicted molar refractivity (Wildman–Crippen MR) is 55.3 cm³/mol. The van der Waals surface area contributed by atoms with Crippen LogP contribution in [-0.2, 0) is 0 Å². The van der Waals surface area contributed by atoms with E-state index in [1.54, 1.807) is 24.3 Å². The van der Waals surface area contributed by atoms with Crippen LogP contribution in [-0.4, -0.2) is 14.7 Å². The summed E-state index contributed by atoms with van der Waals surface area (Å²) in [5, 5.41) is 7.65. The minimum absolute atomic E-state index is 0.0608. The van der Waals surface area contributed by atoms with Gasteiger partial charge in [0.05, 0.1) is 11.5 Å². The summed E-state index contributed by atoms with van der Waals surface area (Å²) in [6.45, 7) is 0. The standard InChI is InChI=1S/C9H9NO4P/c10-9-5-8(15(11,12)13)6-3-1-2-4-7(6)14-9/h1-5,10-13H/q+1.